The third kappa shape index (κ3) is 10.2. The SMILES string of the molecule is CN1CCN(c2nc(-c3ccc(C(=O)NC4(C(=O)N(CCCc5ccccc5)C(=O)c5nc6ccccc6o5)CCCCC4)cc3)cs2)CC1.O=C(O)C(F)(F)F. The number of anilines is 1. The van der Waals surface area contributed by atoms with Crippen molar-refractivity contribution in [2.24, 2.45) is 0 Å². The number of aliphatic carboxylic acids is 1. The predicted molar refractivity (Wildman–Crippen MR) is 209 cm³/mol. The third-order valence-corrected chi connectivity index (χ3v) is 11.0. The number of carbonyl (C=O) groups excluding carboxylic acids is 3. The second-order valence-corrected chi connectivity index (χ2v) is 15.0. The summed E-state index contributed by atoms with van der Waals surface area (Å²) in [4.78, 5) is 66.7. The maximum absolute atomic E-state index is 14.7. The number of oxazole rings is 1. The number of imide groups is 1. The van der Waals surface area contributed by atoms with Crippen LogP contribution in [0, 0.1) is 0 Å². The number of nitrogens with one attached hydrogen (secondary N) is 1. The smallest absolute Gasteiger partial charge is 0.475 e. The van der Waals surface area contributed by atoms with Crippen LogP contribution in [0.25, 0.3) is 22.4 Å². The van der Waals surface area contributed by atoms with Crippen LogP contribution in [0.15, 0.2) is 88.7 Å². The zero-order valence-electron chi connectivity index (χ0n) is 31.3. The first-order valence-electron chi connectivity index (χ1n) is 18.7. The number of hydrogen-bond donors (Lipinski definition) is 2. The van der Waals surface area contributed by atoms with Gasteiger partial charge in [0.15, 0.2) is 10.7 Å². The number of halogens is 3. The molecule has 1 saturated carbocycles. The van der Waals surface area contributed by atoms with E-state index in [1.165, 1.54) is 4.90 Å². The Labute approximate surface area is 331 Å². The van der Waals surface area contributed by atoms with E-state index in [0.717, 1.165) is 67.4 Å². The van der Waals surface area contributed by atoms with Crippen molar-refractivity contribution in [2.45, 2.75) is 56.7 Å². The molecule has 1 aliphatic carbocycles. The highest BCUT2D eigenvalue weighted by molar-refractivity contribution is 7.14. The van der Waals surface area contributed by atoms with Crippen LogP contribution in [0.1, 0.15) is 65.1 Å². The zero-order valence-corrected chi connectivity index (χ0v) is 32.2. The van der Waals surface area contributed by atoms with Crippen LogP contribution in [0.4, 0.5) is 18.3 Å². The average Bonchev–Trinajstić information content (AvgIpc) is 3.89. The summed E-state index contributed by atoms with van der Waals surface area (Å²) in [5.74, 6) is -4.25. The second kappa shape index (κ2) is 18.1. The molecule has 0 unspecified atom stereocenters. The lowest BCUT2D eigenvalue weighted by molar-refractivity contribution is -0.192. The van der Waals surface area contributed by atoms with Gasteiger partial charge in [-0.2, -0.15) is 13.2 Å². The van der Waals surface area contributed by atoms with Crippen LogP contribution in [0.2, 0.25) is 0 Å². The van der Waals surface area contributed by atoms with Gasteiger partial charge in [-0.15, -0.1) is 11.3 Å². The lowest BCUT2D eigenvalue weighted by atomic mass is 9.80. The van der Waals surface area contributed by atoms with E-state index in [1.54, 1.807) is 35.6 Å². The average molecular weight is 805 g/mol. The molecule has 1 aliphatic heterocycles. The Morgan fingerprint density at radius 3 is 2.19 bits per heavy atom. The maximum atomic E-state index is 14.7. The predicted octanol–water partition coefficient (Wildman–Crippen LogP) is 7.07. The number of piperazine rings is 1. The van der Waals surface area contributed by atoms with Crippen molar-refractivity contribution in [1.29, 1.82) is 0 Å². The van der Waals surface area contributed by atoms with Crippen molar-refractivity contribution in [1.82, 2.24) is 25.1 Å². The minimum absolute atomic E-state index is 0.134. The molecular weight excluding hydrogens is 762 g/mol. The van der Waals surface area contributed by atoms with Gasteiger partial charge in [-0.05, 0) is 62.6 Å². The van der Waals surface area contributed by atoms with Crippen molar-refractivity contribution in [3.8, 4) is 11.3 Å². The van der Waals surface area contributed by atoms with E-state index in [0.29, 0.717) is 42.3 Å². The first kappa shape index (κ1) is 41.0. The highest BCUT2D eigenvalue weighted by atomic mass is 32.1. The highest BCUT2D eigenvalue weighted by Gasteiger charge is 2.46. The van der Waals surface area contributed by atoms with Gasteiger partial charge in [0.05, 0.1) is 5.69 Å². The number of carboxylic acid groups (broad SMARTS) is 1. The molecule has 2 N–H and O–H groups in total. The van der Waals surface area contributed by atoms with Crippen LogP contribution < -0.4 is 10.2 Å². The maximum Gasteiger partial charge on any atom is 0.490 e. The van der Waals surface area contributed by atoms with Gasteiger partial charge in [0, 0.05) is 49.2 Å². The molecule has 7 rings (SSSR count). The number of benzene rings is 3. The standard InChI is InChI=1S/C39H42N6O4S.C2HF3O2/c1-43-23-25-44(26-24-43)38-41-32(27-50-38)29-16-18-30(19-17-29)34(46)42-39(20-8-3-9-21-39)37(48)45(22-10-13-28-11-4-2-5-12-28)36(47)35-40-31-14-6-7-15-33(31)49-35;3-2(4,5)1(6)7/h2,4-7,11-12,14-19,27H,3,8-10,13,20-26H2,1H3,(H,42,46);(H,6,7). The minimum atomic E-state index is -5.08. The molecule has 5 aromatic rings. The van der Waals surface area contributed by atoms with Crippen LogP contribution in [-0.2, 0) is 16.0 Å². The van der Waals surface area contributed by atoms with Crippen LogP contribution in [-0.4, -0.2) is 100 Å². The monoisotopic (exact) mass is 804 g/mol. The number of nitrogens with zero attached hydrogens (tertiary/aromatic N) is 5. The Kier molecular flexibility index (Phi) is 13.0. The molecule has 2 fully saturated rings. The summed E-state index contributed by atoms with van der Waals surface area (Å²) in [6.45, 7) is 4.10. The Hall–Kier alpha value is -5.61. The molecule has 3 aromatic carbocycles. The number of fused-ring (bicyclic) bond motifs is 1. The van der Waals surface area contributed by atoms with Gasteiger partial charge in [-0.1, -0.05) is 73.9 Å². The molecule has 0 atom stereocenters. The van der Waals surface area contributed by atoms with Crippen molar-refractivity contribution in [3.63, 3.8) is 0 Å². The van der Waals surface area contributed by atoms with Gasteiger partial charge in [-0.3, -0.25) is 19.3 Å². The largest absolute Gasteiger partial charge is 0.490 e. The molecule has 2 aliphatic rings. The summed E-state index contributed by atoms with van der Waals surface area (Å²) in [7, 11) is 2.14. The summed E-state index contributed by atoms with van der Waals surface area (Å²) >= 11 is 1.63. The quantitative estimate of drug-likeness (QED) is 0.141. The number of para-hydroxylation sites is 2. The van der Waals surface area contributed by atoms with Crippen molar-refractivity contribution < 1.29 is 41.9 Å². The van der Waals surface area contributed by atoms with Crippen molar-refractivity contribution >= 4 is 51.3 Å². The van der Waals surface area contributed by atoms with Crippen molar-refractivity contribution in [3.05, 3.63) is 101 Å². The number of aromatic nitrogens is 2. The summed E-state index contributed by atoms with van der Waals surface area (Å²) in [5, 5.41) is 13.3. The molecule has 57 heavy (non-hydrogen) atoms. The summed E-state index contributed by atoms with van der Waals surface area (Å²) in [6, 6.07) is 24.5. The Morgan fingerprint density at radius 1 is 0.895 bits per heavy atom. The number of carboxylic acids is 1. The fourth-order valence-corrected chi connectivity index (χ4v) is 7.78. The number of thiazole rings is 1. The van der Waals surface area contributed by atoms with E-state index >= 15 is 0 Å². The third-order valence-electron chi connectivity index (χ3n) is 10.1. The highest BCUT2D eigenvalue weighted by Crippen LogP contribution is 2.33. The molecule has 0 radical (unpaired) electrons. The lowest BCUT2D eigenvalue weighted by Crippen LogP contribution is -2.61. The van der Waals surface area contributed by atoms with Gasteiger partial charge in [0.1, 0.15) is 11.1 Å². The van der Waals surface area contributed by atoms with E-state index in [1.807, 2.05) is 54.6 Å². The van der Waals surface area contributed by atoms with Gasteiger partial charge in [-0.25, -0.2) is 14.8 Å². The van der Waals surface area contributed by atoms with E-state index < -0.39 is 29.5 Å². The van der Waals surface area contributed by atoms with E-state index in [-0.39, 0.29) is 18.3 Å². The van der Waals surface area contributed by atoms with E-state index in [2.05, 4.69) is 32.5 Å². The molecule has 300 valence electrons. The molecule has 2 aromatic heterocycles. The number of likely N-dealkylation sites (N-methyl/N-ethyl adjacent to an activating group) is 1. The Morgan fingerprint density at radius 2 is 1.54 bits per heavy atom. The number of aryl methyl sites for hydroxylation is 1. The van der Waals surface area contributed by atoms with Gasteiger partial charge in [0.25, 0.3) is 17.7 Å². The molecule has 16 heteroatoms. The summed E-state index contributed by atoms with van der Waals surface area (Å²) in [5.41, 5.74) is 3.16. The molecule has 0 bridgehead atoms. The number of carbonyl (C=O) groups is 4. The van der Waals surface area contributed by atoms with Crippen LogP contribution >= 0.6 is 11.3 Å². The molecule has 1 saturated heterocycles. The van der Waals surface area contributed by atoms with Gasteiger partial charge < -0.3 is 24.6 Å². The number of rotatable bonds is 10. The Bertz CT molecular complexity index is 2130. The molecule has 3 amide bonds. The van der Waals surface area contributed by atoms with Crippen LogP contribution in [0.3, 0.4) is 0 Å². The van der Waals surface area contributed by atoms with E-state index in [9.17, 15) is 27.6 Å². The molecule has 12 nitrogen and oxygen atoms in total. The normalized spacial score (nSPS) is 15.7. The molecule has 0 spiro atoms. The van der Waals surface area contributed by atoms with E-state index in [4.69, 9.17) is 19.3 Å². The summed E-state index contributed by atoms with van der Waals surface area (Å²) < 4.78 is 37.6. The van der Waals surface area contributed by atoms with Gasteiger partial charge >= 0.3 is 18.1 Å². The van der Waals surface area contributed by atoms with Crippen molar-refractivity contribution in [2.75, 3.05) is 44.7 Å². The number of hydrogen-bond acceptors (Lipinski definition) is 10. The second-order valence-electron chi connectivity index (χ2n) is 14.1. The molecule has 3 heterocycles. The number of amides is 3. The number of alkyl halides is 3. The first-order chi connectivity index (χ1) is 27.3. The first-order valence-corrected chi connectivity index (χ1v) is 19.6. The fourth-order valence-electron chi connectivity index (χ4n) is 6.89. The summed E-state index contributed by atoms with van der Waals surface area (Å²) in [6.07, 6.45) is -0.471. The molecular formula is C41H43F3N6O6S. The fraction of sp³-hybridized carbons (Fsp3) is 0.366. The topological polar surface area (TPSA) is 149 Å². The minimum Gasteiger partial charge on any atom is -0.475 e. The lowest BCUT2D eigenvalue weighted by Gasteiger charge is -2.39. The Balaban J connectivity index is 0.000000719. The van der Waals surface area contributed by atoms with Crippen LogP contribution in [0.5, 0.6) is 0 Å². The zero-order chi connectivity index (χ0) is 40.6. The van der Waals surface area contributed by atoms with Gasteiger partial charge in [0.2, 0.25) is 0 Å².